The summed E-state index contributed by atoms with van der Waals surface area (Å²) in [5, 5.41) is 3.28. The standard InChI is InChI=1S/C13H19NO3/c1-11-5-3-4-6-13(11)14-7-8-16-9-10-17-12(2)15/h3-6,14H,7-10H2,1-2H3. The second-order valence-corrected chi connectivity index (χ2v) is 3.69. The van der Waals surface area contributed by atoms with Crippen LogP contribution in [0.25, 0.3) is 0 Å². The molecular formula is C13H19NO3. The molecule has 0 fully saturated rings. The van der Waals surface area contributed by atoms with Crippen LogP contribution in [0.15, 0.2) is 24.3 Å². The van der Waals surface area contributed by atoms with Crippen molar-refractivity contribution < 1.29 is 14.3 Å². The van der Waals surface area contributed by atoms with Crippen molar-refractivity contribution in [2.75, 3.05) is 31.7 Å². The molecule has 4 nitrogen and oxygen atoms in total. The number of ether oxygens (including phenoxy) is 2. The van der Waals surface area contributed by atoms with Gasteiger partial charge in [0.05, 0.1) is 13.2 Å². The van der Waals surface area contributed by atoms with E-state index in [1.807, 2.05) is 18.2 Å². The highest BCUT2D eigenvalue weighted by Crippen LogP contribution is 2.12. The van der Waals surface area contributed by atoms with Crippen molar-refractivity contribution in [3.63, 3.8) is 0 Å². The predicted octanol–water partition coefficient (Wildman–Crippen LogP) is 1.99. The highest BCUT2D eigenvalue weighted by atomic mass is 16.6. The number of anilines is 1. The summed E-state index contributed by atoms with van der Waals surface area (Å²) < 4.78 is 10.0. The largest absolute Gasteiger partial charge is 0.463 e. The van der Waals surface area contributed by atoms with E-state index in [-0.39, 0.29) is 5.97 Å². The van der Waals surface area contributed by atoms with Crippen molar-refractivity contribution in [3.05, 3.63) is 29.8 Å². The molecule has 0 amide bonds. The highest BCUT2D eigenvalue weighted by Gasteiger charge is 1.96. The Bertz CT molecular complexity index is 352. The Morgan fingerprint density at radius 3 is 2.71 bits per heavy atom. The first kappa shape index (κ1) is 13.5. The Balaban J connectivity index is 2.05. The third-order valence-corrected chi connectivity index (χ3v) is 2.24. The van der Waals surface area contributed by atoms with Crippen molar-refractivity contribution in [2.24, 2.45) is 0 Å². The monoisotopic (exact) mass is 237 g/mol. The predicted molar refractivity (Wildman–Crippen MR) is 67.1 cm³/mol. The molecule has 0 aromatic heterocycles. The molecule has 94 valence electrons. The number of aryl methyl sites for hydroxylation is 1. The zero-order valence-corrected chi connectivity index (χ0v) is 10.4. The SMILES string of the molecule is CC(=O)OCCOCCNc1ccccc1C. The molecule has 0 radical (unpaired) electrons. The van der Waals surface area contributed by atoms with Gasteiger partial charge in [-0.2, -0.15) is 0 Å². The topological polar surface area (TPSA) is 47.6 Å². The van der Waals surface area contributed by atoms with Crippen LogP contribution in [0.5, 0.6) is 0 Å². The van der Waals surface area contributed by atoms with E-state index in [9.17, 15) is 4.79 Å². The van der Waals surface area contributed by atoms with Crippen LogP contribution in [0.1, 0.15) is 12.5 Å². The minimum absolute atomic E-state index is 0.272. The fourth-order valence-corrected chi connectivity index (χ4v) is 1.38. The van der Waals surface area contributed by atoms with Crippen LogP contribution in [0.4, 0.5) is 5.69 Å². The lowest BCUT2D eigenvalue weighted by Crippen LogP contribution is -2.13. The fourth-order valence-electron chi connectivity index (χ4n) is 1.38. The van der Waals surface area contributed by atoms with E-state index < -0.39 is 0 Å². The van der Waals surface area contributed by atoms with Crippen molar-refractivity contribution in [3.8, 4) is 0 Å². The molecule has 0 heterocycles. The molecule has 0 saturated carbocycles. The molecule has 1 rings (SSSR count). The maximum atomic E-state index is 10.5. The molecule has 1 N–H and O–H groups in total. The van der Waals surface area contributed by atoms with Gasteiger partial charge in [-0.25, -0.2) is 0 Å². The third-order valence-electron chi connectivity index (χ3n) is 2.24. The summed E-state index contributed by atoms with van der Waals surface area (Å²) in [6, 6.07) is 8.10. The minimum Gasteiger partial charge on any atom is -0.463 e. The van der Waals surface area contributed by atoms with E-state index in [2.05, 4.69) is 18.3 Å². The lowest BCUT2D eigenvalue weighted by Gasteiger charge is -2.09. The van der Waals surface area contributed by atoms with Crippen LogP contribution in [0.2, 0.25) is 0 Å². The van der Waals surface area contributed by atoms with Crippen LogP contribution in [0.3, 0.4) is 0 Å². The smallest absolute Gasteiger partial charge is 0.302 e. The van der Waals surface area contributed by atoms with Gasteiger partial charge in [0, 0.05) is 19.2 Å². The number of nitrogens with one attached hydrogen (secondary N) is 1. The molecule has 4 heteroatoms. The van der Waals surface area contributed by atoms with Gasteiger partial charge in [-0.3, -0.25) is 4.79 Å². The van der Waals surface area contributed by atoms with Gasteiger partial charge in [-0.15, -0.1) is 0 Å². The van der Waals surface area contributed by atoms with Gasteiger partial charge >= 0.3 is 5.97 Å². The van der Waals surface area contributed by atoms with Crippen LogP contribution >= 0.6 is 0 Å². The van der Waals surface area contributed by atoms with Crippen molar-refractivity contribution in [2.45, 2.75) is 13.8 Å². The lowest BCUT2D eigenvalue weighted by molar-refractivity contribution is -0.142. The maximum absolute atomic E-state index is 10.5. The number of benzene rings is 1. The number of rotatable bonds is 7. The van der Waals surface area contributed by atoms with Gasteiger partial charge in [0.15, 0.2) is 0 Å². The Hall–Kier alpha value is -1.55. The van der Waals surface area contributed by atoms with E-state index in [4.69, 9.17) is 9.47 Å². The Labute approximate surface area is 102 Å². The van der Waals surface area contributed by atoms with Crippen molar-refractivity contribution in [1.82, 2.24) is 0 Å². The van der Waals surface area contributed by atoms with Gasteiger partial charge in [0.25, 0.3) is 0 Å². The van der Waals surface area contributed by atoms with Crippen LogP contribution in [-0.2, 0) is 14.3 Å². The Morgan fingerprint density at radius 2 is 2.00 bits per heavy atom. The molecule has 0 aliphatic rings. The average molecular weight is 237 g/mol. The molecule has 0 spiro atoms. The van der Waals surface area contributed by atoms with E-state index in [0.29, 0.717) is 19.8 Å². The third kappa shape index (κ3) is 5.92. The number of hydrogen-bond donors (Lipinski definition) is 1. The molecule has 0 atom stereocenters. The molecule has 1 aromatic carbocycles. The number of esters is 1. The first-order chi connectivity index (χ1) is 8.20. The summed E-state index contributed by atoms with van der Waals surface area (Å²) in [4.78, 5) is 10.5. The number of carbonyl (C=O) groups is 1. The molecular weight excluding hydrogens is 218 g/mol. The number of carbonyl (C=O) groups excluding carboxylic acids is 1. The highest BCUT2D eigenvalue weighted by molar-refractivity contribution is 5.65. The zero-order chi connectivity index (χ0) is 12.5. The summed E-state index contributed by atoms with van der Waals surface area (Å²) in [6.45, 7) is 5.54. The molecule has 0 unspecified atom stereocenters. The first-order valence-electron chi connectivity index (χ1n) is 5.71. The van der Waals surface area contributed by atoms with Gasteiger partial charge in [-0.05, 0) is 18.6 Å². The zero-order valence-electron chi connectivity index (χ0n) is 10.4. The second kappa shape index (κ2) is 7.68. The molecule has 0 aliphatic carbocycles. The van der Waals surface area contributed by atoms with E-state index in [0.717, 1.165) is 12.2 Å². The second-order valence-electron chi connectivity index (χ2n) is 3.69. The van der Waals surface area contributed by atoms with Crippen LogP contribution in [0, 0.1) is 6.92 Å². The van der Waals surface area contributed by atoms with Crippen molar-refractivity contribution >= 4 is 11.7 Å². The van der Waals surface area contributed by atoms with Gasteiger partial charge in [0.2, 0.25) is 0 Å². The molecule has 17 heavy (non-hydrogen) atoms. The fraction of sp³-hybridized carbons (Fsp3) is 0.462. The van der Waals surface area contributed by atoms with Gasteiger partial charge < -0.3 is 14.8 Å². The summed E-state index contributed by atoms with van der Waals surface area (Å²) in [5.74, 6) is -0.272. The average Bonchev–Trinajstić information content (AvgIpc) is 2.30. The number of hydrogen-bond acceptors (Lipinski definition) is 4. The van der Waals surface area contributed by atoms with Crippen molar-refractivity contribution in [1.29, 1.82) is 0 Å². The Morgan fingerprint density at radius 1 is 1.24 bits per heavy atom. The van der Waals surface area contributed by atoms with Gasteiger partial charge in [0.1, 0.15) is 6.61 Å². The normalized spacial score (nSPS) is 10.0. The summed E-state index contributed by atoms with van der Waals surface area (Å²) in [6.07, 6.45) is 0. The molecule has 0 aliphatic heterocycles. The number of para-hydroxylation sites is 1. The van der Waals surface area contributed by atoms with E-state index in [1.165, 1.54) is 12.5 Å². The quantitative estimate of drug-likeness (QED) is 0.582. The Kier molecular flexibility index (Phi) is 6.10. The summed E-state index contributed by atoms with van der Waals surface area (Å²) >= 11 is 0. The maximum Gasteiger partial charge on any atom is 0.302 e. The lowest BCUT2D eigenvalue weighted by atomic mass is 10.2. The summed E-state index contributed by atoms with van der Waals surface area (Å²) in [5.41, 5.74) is 2.34. The van der Waals surface area contributed by atoms with E-state index in [1.54, 1.807) is 0 Å². The van der Waals surface area contributed by atoms with E-state index >= 15 is 0 Å². The summed E-state index contributed by atoms with van der Waals surface area (Å²) in [7, 11) is 0. The molecule has 1 aromatic rings. The van der Waals surface area contributed by atoms with Gasteiger partial charge in [-0.1, -0.05) is 18.2 Å². The molecule has 0 bridgehead atoms. The first-order valence-corrected chi connectivity index (χ1v) is 5.71. The van der Waals surface area contributed by atoms with Crippen LogP contribution < -0.4 is 5.32 Å². The molecule has 0 saturated heterocycles. The van der Waals surface area contributed by atoms with Crippen LogP contribution in [-0.4, -0.2) is 32.3 Å². The minimum atomic E-state index is -0.272.